The summed E-state index contributed by atoms with van der Waals surface area (Å²) in [5, 5.41) is 6.21. The highest BCUT2D eigenvalue weighted by molar-refractivity contribution is 7.18. The van der Waals surface area contributed by atoms with Gasteiger partial charge in [-0.1, -0.05) is 31.9 Å². The van der Waals surface area contributed by atoms with Gasteiger partial charge in [-0.2, -0.15) is 0 Å². The molecule has 1 fully saturated rings. The van der Waals surface area contributed by atoms with Crippen LogP contribution in [0.15, 0.2) is 24.3 Å². The molecular weight excluding hydrogens is 348 g/mol. The molecule has 3 amide bonds. The molecule has 2 heterocycles. The molecule has 1 saturated heterocycles. The van der Waals surface area contributed by atoms with Crippen LogP contribution in [0.1, 0.15) is 50.1 Å². The van der Waals surface area contributed by atoms with Crippen LogP contribution in [-0.2, 0) is 4.79 Å². The van der Waals surface area contributed by atoms with Gasteiger partial charge in [0.15, 0.2) is 0 Å². The molecule has 0 unspecified atom stereocenters. The molecule has 6 nitrogen and oxygen atoms in total. The molecule has 2 aromatic rings. The van der Waals surface area contributed by atoms with Crippen molar-refractivity contribution in [1.29, 1.82) is 0 Å². The molecular formula is C19H26N4O2S. The first kappa shape index (κ1) is 18.8. The lowest BCUT2D eigenvalue weighted by molar-refractivity contribution is -0.122. The number of carbonyl (C=O) groups excluding carboxylic acids is 2. The van der Waals surface area contributed by atoms with Crippen molar-refractivity contribution in [3.05, 3.63) is 29.3 Å². The smallest absolute Gasteiger partial charge is 0.321 e. The summed E-state index contributed by atoms with van der Waals surface area (Å²) >= 11 is 1.70. The largest absolute Gasteiger partial charge is 0.338 e. The van der Waals surface area contributed by atoms with Crippen LogP contribution in [0.3, 0.4) is 0 Å². The number of piperidine rings is 1. The van der Waals surface area contributed by atoms with E-state index in [0.717, 1.165) is 49.2 Å². The van der Waals surface area contributed by atoms with E-state index < -0.39 is 6.03 Å². The first-order valence-electron chi connectivity index (χ1n) is 9.34. The van der Waals surface area contributed by atoms with Gasteiger partial charge in [0.05, 0.1) is 22.8 Å². The Morgan fingerprint density at radius 3 is 2.96 bits per heavy atom. The predicted octanol–water partition coefficient (Wildman–Crippen LogP) is 3.45. The van der Waals surface area contributed by atoms with E-state index in [4.69, 9.17) is 4.98 Å². The maximum absolute atomic E-state index is 12.3. The minimum atomic E-state index is -0.406. The Hall–Kier alpha value is -1.99. The first-order chi connectivity index (χ1) is 12.7. The molecule has 0 aliphatic carbocycles. The molecule has 1 aromatic heterocycles. The van der Waals surface area contributed by atoms with Crippen molar-refractivity contribution in [2.24, 2.45) is 0 Å². The Kier molecular flexibility index (Phi) is 6.57. The van der Waals surface area contributed by atoms with E-state index in [0.29, 0.717) is 6.54 Å². The van der Waals surface area contributed by atoms with E-state index in [9.17, 15) is 9.59 Å². The van der Waals surface area contributed by atoms with Crippen molar-refractivity contribution in [3.8, 4) is 0 Å². The number of para-hydroxylation sites is 1. The highest BCUT2D eigenvalue weighted by atomic mass is 32.1. The van der Waals surface area contributed by atoms with E-state index in [1.807, 2.05) is 18.2 Å². The van der Waals surface area contributed by atoms with Gasteiger partial charge in [0, 0.05) is 6.54 Å². The van der Waals surface area contributed by atoms with E-state index in [1.165, 1.54) is 4.70 Å². The van der Waals surface area contributed by atoms with Crippen molar-refractivity contribution >= 4 is 33.5 Å². The SMILES string of the molecule is CCCCNC(=O)NC(=O)CN1CCCC[C@@H]1c1nc2ccccc2s1. The van der Waals surface area contributed by atoms with Gasteiger partial charge in [-0.25, -0.2) is 9.78 Å². The molecule has 3 rings (SSSR count). The number of rotatable bonds is 6. The summed E-state index contributed by atoms with van der Waals surface area (Å²) in [4.78, 5) is 31.0. The van der Waals surface area contributed by atoms with Gasteiger partial charge in [0.2, 0.25) is 5.91 Å². The molecule has 1 aliphatic heterocycles. The highest BCUT2D eigenvalue weighted by Gasteiger charge is 2.28. The number of hydrogen-bond donors (Lipinski definition) is 2. The van der Waals surface area contributed by atoms with E-state index >= 15 is 0 Å². The number of unbranched alkanes of at least 4 members (excludes halogenated alkanes) is 1. The third-order valence-electron chi connectivity index (χ3n) is 4.62. The molecule has 7 heteroatoms. The van der Waals surface area contributed by atoms with Crippen molar-refractivity contribution < 1.29 is 9.59 Å². The number of thiazole rings is 1. The van der Waals surface area contributed by atoms with E-state index in [2.05, 4.69) is 28.5 Å². The molecule has 0 radical (unpaired) electrons. The third kappa shape index (κ3) is 4.80. The van der Waals surface area contributed by atoms with Gasteiger partial charge in [-0.3, -0.25) is 15.0 Å². The van der Waals surface area contributed by atoms with Gasteiger partial charge >= 0.3 is 6.03 Å². The molecule has 140 valence electrons. The van der Waals surface area contributed by atoms with Crippen LogP contribution in [0.4, 0.5) is 4.79 Å². The zero-order valence-electron chi connectivity index (χ0n) is 15.2. The average molecular weight is 375 g/mol. The van der Waals surface area contributed by atoms with Crippen LogP contribution in [-0.4, -0.2) is 41.5 Å². The number of aromatic nitrogens is 1. The van der Waals surface area contributed by atoms with Crippen molar-refractivity contribution in [1.82, 2.24) is 20.5 Å². The Balaban J connectivity index is 1.61. The van der Waals surface area contributed by atoms with Crippen LogP contribution in [0, 0.1) is 0 Å². The van der Waals surface area contributed by atoms with Gasteiger partial charge in [0.25, 0.3) is 0 Å². The standard InChI is InChI=1S/C19H26N4O2S/c1-2-3-11-20-19(25)22-17(24)13-23-12-7-6-9-15(23)18-21-14-8-4-5-10-16(14)26-18/h4-5,8,10,15H,2-3,6-7,9,11-13H2,1H3,(H2,20,22,24,25)/t15-/m1/s1. The third-order valence-corrected chi connectivity index (χ3v) is 5.76. The number of nitrogens with one attached hydrogen (secondary N) is 2. The van der Waals surface area contributed by atoms with E-state index in [-0.39, 0.29) is 18.5 Å². The molecule has 0 spiro atoms. The van der Waals surface area contributed by atoms with Crippen LogP contribution >= 0.6 is 11.3 Å². The van der Waals surface area contributed by atoms with Crippen molar-refractivity contribution in [2.75, 3.05) is 19.6 Å². The summed E-state index contributed by atoms with van der Waals surface area (Å²) in [5.41, 5.74) is 1.01. The molecule has 0 saturated carbocycles. The van der Waals surface area contributed by atoms with Crippen LogP contribution < -0.4 is 10.6 Å². The maximum atomic E-state index is 12.3. The van der Waals surface area contributed by atoms with Gasteiger partial charge in [-0.05, 0) is 37.9 Å². The number of benzene rings is 1. The second-order valence-electron chi connectivity index (χ2n) is 6.66. The summed E-state index contributed by atoms with van der Waals surface area (Å²) in [5.74, 6) is -0.257. The zero-order valence-corrected chi connectivity index (χ0v) is 16.0. The molecule has 1 aromatic carbocycles. The fourth-order valence-corrected chi connectivity index (χ4v) is 4.40. The van der Waals surface area contributed by atoms with Gasteiger partial charge < -0.3 is 5.32 Å². The summed E-state index contributed by atoms with van der Waals surface area (Å²) < 4.78 is 1.17. The number of nitrogens with zero attached hydrogens (tertiary/aromatic N) is 2. The lowest BCUT2D eigenvalue weighted by Gasteiger charge is -2.33. The zero-order chi connectivity index (χ0) is 18.4. The first-order valence-corrected chi connectivity index (χ1v) is 10.2. The average Bonchev–Trinajstić information content (AvgIpc) is 3.06. The Labute approximate surface area is 158 Å². The van der Waals surface area contributed by atoms with Crippen molar-refractivity contribution in [2.45, 2.75) is 45.1 Å². The number of fused-ring (bicyclic) bond motifs is 1. The lowest BCUT2D eigenvalue weighted by Crippen LogP contribution is -2.46. The fourth-order valence-electron chi connectivity index (χ4n) is 3.27. The number of imide groups is 1. The topological polar surface area (TPSA) is 74.3 Å². The van der Waals surface area contributed by atoms with Crippen LogP contribution in [0.2, 0.25) is 0 Å². The van der Waals surface area contributed by atoms with Gasteiger partial charge in [0.1, 0.15) is 5.01 Å². The molecule has 1 atom stereocenters. The number of urea groups is 1. The lowest BCUT2D eigenvalue weighted by atomic mass is 10.0. The second-order valence-corrected chi connectivity index (χ2v) is 7.72. The minimum Gasteiger partial charge on any atom is -0.338 e. The number of hydrogen-bond acceptors (Lipinski definition) is 5. The second kappa shape index (κ2) is 9.09. The summed E-state index contributed by atoms with van der Waals surface area (Å²) in [6, 6.07) is 7.86. The quantitative estimate of drug-likeness (QED) is 0.760. The van der Waals surface area contributed by atoms with E-state index in [1.54, 1.807) is 11.3 Å². The van der Waals surface area contributed by atoms with Crippen molar-refractivity contribution in [3.63, 3.8) is 0 Å². The normalized spacial score (nSPS) is 18.0. The number of likely N-dealkylation sites (tertiary alicyclic amines) is 1. The van der Waals surface area contributed by atoms with Crippen LogP contribution in [0.5, 0.6) is 0 Å². The molecule has 1 aliphatic rings. The summed E-state index contributed by atoms with van der Waals surface area (Å²) in [6.07, 6.45) is 5.11. The minimum absolute atomic E-state index is 0.148. The molecule has 2 N–H and O–H groups in total. The fraction of sp³-hybridized carbons (Fsp3) is 0.526. The number of carbonyl (C=O) groups is 2. The Morgan fingerprint density at radius 2 is 2.15 bits per heavy atom. The highest BCUT2D eigenvalue weighted by Crippen LogP contribution is 2.35. The number of amides is 3. The summed E-state index contributed by atoms with van der Waals surface area (Å²) in [7, 11) is 0. The molecule has 0 bridgehead atoms. The van der Waals surface area contributed by atoms with Crippen LogP contribution in [0.25, 0.3) is 10.2 Å². The maximum Gasteiger partial charge on any atom is 0.321 e. The Morgan fingerprint density at radius 1 is 1.31 bits per heavy atom. The Bertz CT molecular complexity index is 728. The monoisotopic (exact) mass is 374 g/mol. The molecule has 26 heavy (non-hydrogen) atoms. The summed E-state index contributed by atoms with van der Waals surface area (Å²) in [6.45, 7) is 3.73. The predicted molar refractivity (Wildman–Crippen MR) is 104 cm³/mol. The van der Waals surface area contributed by atoms with Gasteiger partial charge in [-0.15, -0.1) is 11.3 Å².